The third-order valence-corrected chi connectivity index (χ3v) is 4.90. The van der Waals surface area contributed by atoms with E-state index in [1.165, 1.54) is 50.0 Å². The molecule has 0 spiro atoms. The highest BCUT2D eigenvalue weighted by molar-refractivity contribution is 7.99. The molecule has 1 saturated carbocycles. The van der Waals surface area contributed by atoms with Gasteiger partial charge in [-0.15, -0.1) is 0 Å². The smallest absolute Gasteiger partial charge is 0.0692 e. The summed E-state index contributed by atoms with van der Waals surface area (Å²) in [5.74, 6) is 3.09. The Hall–Kier alpha value is 0.270. The van der Waals surface area contributed by atoms with Crippen LogP contribution in [0.3, 0.4) is 0 Å². The van der Waals surface area contributed by atoms with Crippen LogP contribution >= 0.6 is 11.8 Å². The summed E-state index contributed by atoms with van der Waals surface area (Å²) in [7, 11) is 0. The Morgan fingerprint density at radius 1 is 1.20 bits per heavy atom. The largest absolute Gasteiger partial charge is 0.392 e. The van der Waals surface area contributed by atoms with Gasteiger partial charge in [0.25, 0.3) is 0 Å². The van der Waals surface area contributed by atoms with E-state index < -0.39 is 0 Å². The third kappa shape index (κ3) is 3.65. The lowest BCUT2D eigenvalue weighted by Crippen LogP contribution is -2.39. The van der Waals surface area contributed by atoms with Gasteiger partial charge < -0.3 is 10.4 Å². The summed E-state index contributed by atoms with van der Waals surface area (Å²) >= 11 is 2.03. The lowest BCUT2D eigenvalue weighted by molar-refractivity contribution is 0.0821. The summed E-state index contributed by atoms with van der Waals surface area (Å²) in [5.41, 5.74) is 0. The Balaban J connectivity index is 1.64. The van der Waals surface area contributed by atoms with Crippen molar-refractivity contribution in [2.45, 2.75) is 50.7 Å². The maximum Gasteiger partial charge on any atom is 0.0692 e. The Morgan fingerprint density at radius 3 is 2.67 bits per heavy atom. The molecule has 0 aromatic carbocycles. The van der Waals surface area contributed by atoms with Crippen LogP contribution in [0.1, 0.15) is 38.5 Å². The zero-order valence-electron chi connectivity index (χ0n) is 9.45. The second-order valence-electron chi connectivity index (χ2n) is 4.93. The molecule has 0 aromatic heterocycles. The van der Waals surface area contributed by atoms with Gasteiger partial charge in [0.2, 0.25) is 0 Å². The van der Waals surface area contributed by atoms with Crippen LogP contribution in [0.25, 0.3) is 0 Å². The topological polar surface area (TPSA) is 32.3 Å². The molecule has 0 bridgehead atoms. The highest BCUT2D eigenvalue weighted by Gasteiger charge is 2.23. The Kier molecular flexibility index (Phi) is 4.79. The fraction of sp³-hybridized carbons (Fsp3) is 1.00. The van der Waals surface area contributed by atoms with E-state index in [0.717, 1.165) is 6.54 Å². The van der Waals surface area contributed by atoms with Crippen molar-refractivity contribution in [2.75, 3.05) is 18.1 Å². The Labute approximate surface area is 97.2 Å². The van der Waals surface area contributed by atoms with E-state index in [4.69, 9.17) is 0 Å². The Bertz CT molecular complexity index is 176. The number of hydrogen-bond acceptors (Lipinski definition) is 3. The van der Waals surface area contributed by atoms with Gasteiger partial charge in [-0.05, 0) is 30.9 Å². The molecule has 0 radical (unpaired) electrons. The van der Waals surface area contributed by atoms with Crippen LogP contribution in [0.2, 0.25) is 0 Å². The van der Waals surface area contributed by atoms with Gasteiger partial charge in [-0.1, -0.05) is 19.3 Å². The van der Waals surface area contributed by atoms with Crippen molar-refractivity contribution in [1.29, 1.82) is 0 Å². The van der Waals surface area contributed by atoms with E-state index in [9.17, 15) is 5.11 Å². The van der Waals surface area contributed by atoms with Crippen LogP contribution in [-0.2, 0) is 0 Å². The van der Waals surface area contributed by atoms with Crippen molar-refractivity contribution in [2.24, 2.45) is 5.92 Å². The summed E-state index contributed by atoms with van der Waals surface area (Å²) in [5, 5.41) is 13.6. The number of aliphatic hydroxyl groups excluding tert-OH is 1. The fourth-order valence-corrected chi connectivity index (χ4v) is 3.86. The zero-order chi connectivity index (χ0) is 10.5. The molecule has 1 heterocycles. The first kappa shape index (κ1) is 11.7. The summed E-state index contributed by atoms with van der Waals surface area (Å²) in [6.07, 6.45) is 7.67. The SMILES string of the molecule is OC(CNC1CCSC1)C1CCCCC1. The van der Waals surface area contributed by atoms with Gasteiger partial charge in [0.1, 0.15) is 0 Å². The quantitative estimate of drug-likeness (QED) is 0.773. The molecule has 2 N–H and O–H groups in total. The lowest BCUT2D eigenvalue weighted by Gasteiger charge is -2.27. The van der Waals surface area contributed by atoms with Gasteiger partial charge in [-0.2, -0.15) is 11.8 Å². The molecule has 88 valence electrons. The highest BCUT2D eigenvalue weighted by Crippen LogP contribution is 2.26. The monoisotopic (exact) mass is 229 g/mol. The molecule has 2 atom stereocenters. The predicted molar refractivity (Wildman–Crippen MR) is 66.3 cm³/mol. The van der Waals surface area contributed by atoms with Crippen molar-refractivity contribution in [1.82, 2.24) is 5.32 Å². The average Bonchev–Trinajstić information content (AvgIpc) is 2.80. The van der Waals surface area contributed by atoms with Gasteiger partial charge in [0.05, 0.1) is 6.10 Å². The second kappa shape index (κ2) is 6.12. The number of rotatable bonds is 4. The minimum absolute atomic E-state index is 0.101. The first-order valence-corrected chi connectivity index (χ1v) is 7.51. The Morgan fingerprint density at radius 2 is 2.00 bits per heavy atom. The molecule has 0 aromatic rings. The van der Waals surface area contributed by atoms with Crippen molar-refractivity contribution in [3.8, 4) is 0 Å². The standard InChI is InChI=1S/C12H23NOS/c14-12(10-4-2-1-3-5-10)8-13-11-6-7-15-9-11/h10-14H,1-9H2. The average molecular weight is 229 g/mol. The summed E-state index contributed by atoms with van der Waals surface area (Å²) in [6, 6.07) is 0.660. The van der Waals surface area contributed by atoms with Crippen LogP contribution in [0, 0.1) is 5.92 Å². The molecule has 1 aliphatic carbocycles. The minimum Gasteiger partial charge on any atom is -0.392 e. The van der Waals surface area contributed by atoms with Crippen LogP contribution < -0.4 is 5.32 Å². The van der Waals surface area contributed by atoms with E-state index in [1.807, 2.05) is 11.8 Å². The van der Waals surface area contributed by atoms with Crippen LogP contribution in [0.15, 0.2) is 0 Å². The van der Waals surface area contributed by atoms with Crippen molar-refractivity contribution < 1.29 is 5.11 Å². The van der Waals surface area contributed by atoms with Gasteiger partial charge >= 0.3 is 0 Å². The lowest BCUT2D eigenvalue weighted by atomic mass is 9.85. The zero-order valence-corrected chi connectivity index (χ0v) is 10.3. The number of aliphatic hydroxyl groups is 1. The highest BCUT2D eigenvalue weighted by atomic mass is 32.2. The molecule has 2 fully saturated rings. The van der Waals surface area contributed by atoms with Gasteiger partial charge in [-0.3, -0.25) is 0 Å². The van der Waals surface area contributed by atoms with Crippen LogP contribution in [0.5, 0.6) is 0 Å². The number of hydrogen-bond donors (Lipinski definition) is 2. The minimum atomic E-state index is -0.101. The summed E-state index contributed by atoms with van der Waals surface area (Å²) < 4.78 is 0. The predicted octanol–water partition coefficient (Wildman–Crippen LogP) is 2.02. The molecule has 2 unspecified atom stereocenters. The molecular formula is C12H23NOS. The van der Waals surface area contributed by atoms with Gasteiger partial charge in [0, 0.05) is 18.3 Å². The number of thioether (sulfide) groups is 1. The first-order valence-electron chi connectivity index (χ1n) is 6.35. The molecule has 3 heteroatoms. The van der Waals surface area contributed by atoms with Crippen LogP contribution in [0.4, 0.5) is 0 Å². The third-order valence-electron chi connectivity index (χ3n) is 3.74. The normalized spacial score (nSPS) is 30.6. The van der Waals surface area contributed by atoms with E-state index >= 15 is 0 Å². The maximum atomic E-state index is 10.1. The summed E-state index contributed by atoms with van der Waals surface area (Å²) in [4.78, 5) is 0. The van der Waals surface area contributed by atoms with E-state index in [0.29, 0.717) is 12.0 Å². The summed E-state index contributed by atoms with van der Waals surface area (Å²) in [6.45, 7) is 0.815. The molecule has 2 rings (SSSR count). The van der Waals surface area contributed by atoms with Crippen LogP contribution in [-0.4, -0.2) is 35.3 Å². The van der Waals surface area contributed by atoms with E-state index in [2.05, 4.69) is 5.32 Å². The van der Waals surface area contributed by atoms with Crippen molar-refractivity contribution >= 4 is 11.8 Å². The van der Waals surface area contributed by atoms with Gasteiger partial charge in [-0.25, -0.2) is 0 Å². The molecule has 1 aliphatic heterocycles. The molecule has 15 heavy (non-hydrogen) atoms. The first-order chi connectivity index (χ1) is 7.36. The van der Waals surface area contributed by atoms with E-state index in [-0.39, 0.29) is 6.10 Å². The van der Waals surface area contributed by atoms with Crippen molar-refractivity contribution in [3.63, 3.8) is 0 Å². The molecule has 1 saturated heterocycles. The number of nitrogens with one attached hydrogen (secondary N) is 1. The molecule has 0 amide bonds. The second-order valence-corrected chi connectivity index (χ2v) is 6.08. The van der Waals surface area contributed by atoms with Gasteiger partial charge in [0.15, 0.2) is 0 Å². The molecule has 2 aliphatic rings. The fourth-order valence-electron chi connectivity index (χ4n) is 2.67. The molecule has 2 nitrogen and oxygen atoms in total. The maximum absolute atomic E-state index is 10.1. The van der Waals surface area contributed by atoms with Crippen molar-refractivity contribution in [3.05, 3.63) is 0 Å². The van der Waals surface area contributed by atoms with E-state index in [1.54, 1.807) is 0 Å². The molecular weight excluding hydrogens is 206 g/mol.